The molecule has 2 N–H and O–H groups in total. The molecule has 0 spiro atoms. The summed E-state index contributed by atoms with van der Waals surface area (Å²) < 4.78 is 10.5. The number of nitrogens with two attached hydrogens (primary N) is 1. The summed E-state index contributed by atoms with van der Waals surface area (Å²) in [6, 6.07) is 6.79. The predicted octanol–water partition coefficient (Wildman–Crippen LogP) is 2.70. The fourth-order valence-corrected chi connectivity index (χ4v) is 1.87. The van der Waals surface area contributed by atoms with E-state index in [-0.39, 0.29) is 0 Å². The van der Waals surface area contributed by atoms with Crippen LogP contribution in [0.2, 0.25) is 5.02 Å². The maximum absolute atomic E-state index is 6.08. The van der Waals surface area contributed by atoms with E-state index in [0.29, 0.717) is 30.0 Å². The Balaban J connectivity index is 2.08. The lowest BCUT2D eigenvalue weighted by Crippen LogP contribution is -2.13. The van der Waals surface area contributed by atoms with Gasteiger partial charge in [0.25, 0.3) is 0 Å². The summed E-state index contributed by atoms with van der Waals surface area (Å²) in [5.74, 6) is 0.828. The second-order valence-electron chi connectivity index (χ2n) is 4.10. The van der Waals surface area contributed by atoms with Gasteiger partial charge in [0.15, 0.2) is 5.82 Å². The fraction of sp³-hybridized carbons (Fsp3) is 0.385. The Hall–Kier alpha value is -1.43. The molecule has 2 aromatic rings. The molecule has 5 nitrogen and oxygen atoms in total. The summed E-state index contributed by atoms with van der Waals surface area (Å²) in [4.78, 5) is 4.21. The van der Waals surface area contributed by atoms with Gasteiger partial charge < -0.3 is 15.0 Å². The van der Waals surface area contributed by atoms with Crippen molar-refractivity contribution in [1.29, 1.82) is 0 Å². The third-order valence-electron chi connectivity index (χ3n) is 2.57. The van der Waals surface area contributed by atoms with E-state index in [1.807, 2.05) is 25.1 Å². The molecule has 19 heavy (non-hydrogen) atoms. The van der Waals surface area contributed by atoms with E-state index < -0.39 is 6.04 Å². The highest BCUT2D eigenvalue weighted by molar-refractivity contribution is 6.31. The number of benzene rings is 1. The van der Waals surface area contributed by atoms with Crippen LogP contribution < -0.4 is 5.73 Å². The van der Waals surface area contributed by atoms with Gasteiger partial charge in [0, 0.05) is 11.6 Å². The van der Waals surface area contributed by atoms with Gasteiger partial charge in [-0.05, 0) is 18.1 Å². The van der Waals surface area contributed by atoms with Crippen LogP contribution in [0.25, 0.3) is 0 Å². The number of ether oxygens (including phenoxy) is 1. The molecule has 0 radical (unpaired) electrons. The van der Waals surface area contributed by atoms with Crippen LogP contribution in [-0.4, -0.2) is 16.7 Å². The van der Waals surface area contributed by atoms with E-state index in [0.717, 1.165) is 12.0 Å². The zero-order valence-corrected chi connectivity index (χ0v) is 11.4. The molecule has 1 aromatic carbocycles. The van der Waals surface area contributed by atoms with Gasteiger partial charge in [-0.15, -0.1) is 0 Å². The standard InChI is InChI=1S/C13H16ClN3O2/c1-2-7-18-8-11-16-13(19-17-11)12(15)9-5-3-4-6-10(9)14/h3-6,12H,2,7-8,15H2,1H3/t12-/m1/s1. The van der Waals surface area contributed by atoms with Gasteiger partial charge in [0.1, 0.15) is 12.6 Å². The summed E-state index contributed by atoms with van der Waals surface area (Å²) >= 11 is 6.08. The van der Waals surface area contributed by atoms with Crippen LogP contribution in [0.3, 0.4) is 0 Å². The monoisotopic (exact) mass is 281 g/mol. The van der Waals surface area contributed by atoms with Crippen LogP contribution in [0.15, 0.2) is 28.8 Å². The number of hydrogen-bond donors (Lipinski definition) is 1. The summed E-state index contributed by atoms with van der Waals surface area (Å²) in [7, 11) is 0. The first-order valence-electron chi connectivity index (χ1n) is 6.12. The molecule has 0 amide bonds. The molecule has 0 unspecified atom stereocenters. The van der Waals surface area contributed by atoms with E-state index in [4.69, 9.17) is 26.6 Å². The van der Waals surface area contributed by atoms with Gasteiger partial charge in [0.05, 0.1) is 0 Å². The van der Waals surface area contributed by atoms with Crippen LogP contribution in [0.4, 0.5) is 0 Å². The van der Waals surface area contributed by atoms with Gasteiger partial charge in [-0.3, -0.25) is 0 Å². The number of halogens is 1. The Morgan fingerprint density at radius 2 is 2.21 bits per heavy atom. The predicted molar refractivity (Wildman–Crippen MR) is 71.7 cm³/mol. The highest BCUT2D eigenvalue weighted by atomic mass is 35.5. The smallest absolute Gasteiger partial charge is 0.248 e. The van der Waals surface area contributed by atoms with E-state index >= 15 is 0 Å². The van der Waals surface area contributed by atoms with Gasteiger partial charge in [0.2, 0.25) is 5.89 Å². The van der Waals surface area contributed by atoms with Crippen molar-refractivity contribution in [3.05, 3.63) is 46.6 Å². The first kappa shape index (κ1) is 14.0. The summed E-state index contributed by atoms with van der Waals surface area (Å²) in [6.45, 7) is 3.03. The van der Waals surface area contributed by atoms with Gasteiger partial charge >= 0.3 is 0 Å². The second kappa shape index (κ2) is 6.65. The summed E-state index contributed by atoms with van der Waals surface area (Å²) in [5.41, 5.74) is 6.82. The minimum atomic E-state index is -0.527. The molecule has 0 fully saturated rings. The molecule has 0 bridgehead atoms. The maximum Gasteiger partial charge on any atom is 0.248 e. The fourth-order valence-electron chi connectivity index (χ4n) is 1.62. The average Bonchev–Trinajstić information content (AvgIpc) is 2.88. The van der Waals surface area contributed by atoms with Crippen molar-refractivity contribution in [2.24, 2.45) is 5.73 Å². The minimum absolute atomic E-state index is 0.326. The molecule has 6 heteroatoms. The first-order chi connectivity index (χ1) is 9.22. The summed E-state index contributed by atoms with van der Waals surface area (Å²) in [5, 5.41) is 4.41. The molecule has 0 saturated carbocycles. The zero-order chi connectivity index (χ0) is 13.7. The lowest BCUT2D eigenvalue weighted by Gasteiger charge is -2.08. The quantitative estimate of drug-likeness (QED) is 0.824. The van der Waals surface area contributed by atoms with Crippen LogP contribution in [0.1, 0.15) is 36.7 Å². The molecular weight excluding hydrogens is 266 g/mol. The van der Waals surface area contributed by atoms with Gasteiger partial charge in [-0.1, -0.05) is 41.9 Å². The molecular formula is C13H16ClN3O2. The van der Waals surface area contributed by atoms with Crippen molar-refractivity contribution >= 4 is 11.6 Å². The number of aromatic nitrogens is 2. The Bertz CT molecular complexity index is 530. The Kier molecular flexibility index (Phi) is 4.90. The SMILES string of the molecule is CCCOCc1noc([C@H](N)c2ccccc2Cl)n1. The third-order valence-corrected chi connectivity index (χ3v) is 2.91. The van der Waals surface area contributed by atoms with Crippen molar-refractivity contribution in [2.75, 3.05) is 6.61 Å². The van der Waals surface area contributed by atoms with E-state index in [1.165, 1.54) is 0 Å². The van der Waals surface area contributed by atoms with E-state index in [9.17, 15) is 0 Å². The lowest BCUT2D eigenvalue weighted by molar-refractivity contribution is 0.114. The molecule has 0 aliphatic carbocycles. The van der Waals surface area contributed by atoms with Crippen LogP contribution in [-0.2, 0) is 11.3 Å². The summed E-state index contributed by atoms with van der Waals surface area (Å²) in [6.07, 6.45) is 0.948. The second-order valence-corrected chi connectivity index (χ2v) is 4.51. The third kappa shape index (κ3) is 3.53. The number of nitrogens with zero attached hydrogens (tertiary/aromatic N) is 2. The van der Waals surface area contributed by atoms with Crippen LogP contribution in [0.5, 0.6) is 0 Å². The van der Waals surface area contributed by atoms with Gasteiger partial charge in [-0.2, -0.15) is 4.98 Å². The molecule has 0 aliphatic heterocycles. The van der Waals surface area contributed by atoms with Crippen molar-refractivity contribution in [3.63, 3.8) is 0 Å². The molecule has 102 valence electrons. The Labute approximate surface area is 116 Å². The normalized spacial score (nSPS) is 12.6. The lowest BCUT2D eigenvalue weighted by atomic mass is 10.1. The first-order valence-corrected chi connectivity index (χ1v) is 6.50. The van der Waals surface area contributed by atoms with Crippen LogP contribution in [0, 0.1) is 0 Å². The highest BCUT2D eigenvalue weighted by Crippen LogP contribution is 2.25. The Morgan fingerprint density at radius 3 is 2.95 bits per heavy atom. The van der Waals surface area contributed by atoms with E-state index in [1.54, 1.807) is 6.07 Å². The molecule has 0 aliphatic rings. The van der Waals surface area contributed by atoms with Crippen molar-refractivity contribution in [3.8, 4) is 0 Å². The van der Waals surface area contributed by atoms with E-state index in [2.05, 4.69) is 10.1 Å². The molecule has 2 rings (SSSR count). The minimum Gasteiger partial charge on any atom is -0.373 e. The topological polar surface area (TPSA) is 74.2 Å². The van der Waals surface area contributed by atoms with Crippen LogP contribution >= 0.6 is 11.6 Å². The molecule has 0 saturated heterocycles. The molecule has 1 heterocycles. The molecule has 1 aromatic heterocycles. The zero-order valence-electron chi connectivity index (χ0n) is 10.7. The van der Waals surface area contributed by atoms with Crippen molar-refractivity contribution < 1.29 is 9.26 Å². The van der Waals surface area contributed by atoms with Gasteiger partial charge in [-0.25, -0.2) is 0 Å². The van der Waals surface area contributed by atoms with Crippen molar-refractivity contribution in [2.45, 2.75) is 26.0 Å². The Morgan fingerprint density at radius 1 is 1.42 bits per heavy atom. The number of hydrogen-bond acceptors (Lipinski definition) is 5. The number of rotatable bonds is 6. The maximum atomic E-state index is 6.08. The highest BCUT2D eigenvalue weighted by Gasteiger charge is 2.18. The average molecular weight is 282 g/mol. The molecule has 1 atom stereocenters. The largest absolute Gasteiger partial charge is 0.373 e. The van der Waals surface area contributed by atoms with Crippen molar-refractivity contribution in [1.82, 2.24) is 10.1 Å².